The SMILES string of the molecule is CCCN(CC(=O)Nc1cc(Cl)ccc1Cl)S(=O)(=O)c1ccc2[nH]c(=O)[nH]c(=O)c2c1. The second-order valence-electron chi connectivity index (χ2n) is 6.63. The van der Waals surface area contributed by atoms with E-state index in [1.54, 1.807) is 13.0 Å². The second-order valence-corrected chi connectivity index (χ2v) is 9.41. The van der Waals surface area contributed by atoms with Crippen molar-refractivity contribution in [3.05, 3.63) is 67.3 Å². The summed E-state index contributed by atoms with van der Waals surface area (Å²) in [7, 11) is -4.12. The molecular weight excluding hydrogens is 467 g/mol. The van der Waals surface area contributed by atoms with Crippen molar-refractivity contribution in [2.75, 3.05) is 18.4 Å². The van der Waals surface area contributed by atoms with Gasteiger partial charge in [-0.15, -0.1) is 0 Å². The number of aromatic nitrogens is 2. The summed E-state index contributed by atoms with van der Waals surface area (Å²) in [5.41, 5.74) is -0.958. The Bertz CT molecular complexity index is 1370. The van der Waals surface area contributed by atoms with Crippen molar-refractivity contribution < 1.29 is 13.2 Å². The number of H-pyrrole nitrogens is 2. The van der Waals surface area contributed by atoms with Gasteiger partial charge in [0.15, 0.2) is 0 Å². The maximum absolute atomic E-state index is 13.2. The molecule has 0 atom stereocenters. The number of hydrogen-bond donors (Lipinski definition) is 3. The smallest absolute Gasteiger partial charge is 0.324 e. The number of sulfonamides is 1. The minimum absolute atomic E-state index is 0.00674. The number of nitrogens with one attached hydrogen (secondary N) is 3. The van der Waals surface area contributed by atoms with E-state index in [-0.39, 0.29) is 33.1 Å². The highest BCUT2D eigenvalue weighted by Gasteiger charge is 2.27. The Morgan fingerprint density at radius 2 is 1.84 bits per heavy atom. The Kier molecular flexibility index (Phi) is 6.85. The summed E-state index contributed by atoms with van der Waals surface area (Å²) < 4.78 is 27.3. The highest BCUT2D eigenvalue weighted by Crippen LogP contribution is 2.26. The summed E-state index contributed by atoms with van der Waals surface area (Å²) in [5.74, 6) is -0.607. The van der Waals surface area contributed by atoms with Crippen LogP contribution in [-0.4, -0.2) is 41.7 Å². The summed E-state index contributed by atoms with van der Waals surface area (Å²) in [4.78, 5) is 40.3. The number of carbonyl (C=O) groups excluding carboxylic acids is 1. The average Bonchev–Trinajstić information content (AvgIpc) is 2.70. The number of halogens is 2. The van der Waals surface area contributed by atoms with E-state index in [9.17, 15) is 22.8 Å². The van der Waals surface area contributed by atoms with E-state index in [2.05, 4.69) is 15.3 Å². The van der Waals surface area contributed by atoms with Crippen LogP contribution in [0.4, 0.5) is 5.69 Å². The van der Waals surface area contributed by atoms with Crippen molar-refractivity contribution in [3.63, 3.8) is 0 Å². The van der Waals surface area contributed by atoms with Crippen LogP contribution in [-0.2, 0) is 14.8 Å². The molecule has 9 nitrogen and oxygen atoms in total. The topological polar surface area (TPSA) is 132 Å². The molecule has 0 radical (unpaired) electrons. The molecule has 0 aliphatic rings. The van der Waals surface area contributed by atoms with Crippen LogP contribution in [0.25, 0.3) is 10.9 Å². The fourth-order valence-electron chi connectivity index (χ4n) is 2.93. The number of aromatic amines is 2. The van der Waals surface area contributed by atoms with Gasteiger partial charge in [0.05, 0.1) is 33.1 Å². The molecule has 0 fully saturated rings. The molecule has 1 amide bonds. The Balaban J connectivity index is 1.91. The normalized spacial score (nSPS) is 11.7. The number of benzene rings is 2. The number of rotatable bonds is 7. The number of nitrogens with zero attached hydrogens (tertiary/aromatic N) is 1. The first kappa shape index (κ1) is 23.0. The third-order valence-electron chi connectivity index (χ3n) is 4.34. The first-order valence-corrected chi connectivity index (χ1v) is 11.3. The van der Waals surface area contributed by atoms with E-state index >= 15 is 0 Å². The van der Waals surface area contributed by atoms with Crippen LogP contribution >= 0.6 is 23.2 Å². The lowest BCUT2D eigenvalue weighted by molar-refractivity contribution is -0.116. The van der Waals surface area contributed by atoms with Gasteiger partial charge in [-0.25, -0.2) is 13.2 Å². The lowest BCUT2D eigenvalue weighted by Crippen LogP contribution is -2.38. The predicted molar refractivity (Wildman–Crippen MR) is 119 cm³/mol. The van der Waals surface area contributed by atoms with Gasteiger partial charge in [-0.1, -0.05) is 30.1 Å². The van der Waals surface area contributed by atoms with Gasteiger partial charge < -0.3 is 10.3 Å². The van der Waals surface area contributed by atoms with Crippen LogP contribution in [0.3, 0.4) is 0 Å². The first-order valence-electron chi connectivity index (χ1n) is 9.13. The maximum atomic E-state index is 13.2. The number of carbonyl (C=O) groups is 1. The van der Waals surface area contributed by atoms with Crippen molar-refractivity contribution >= 4 is 55.7 Å². The van der Waals surface area contributed by atoms with Gasteiger partial charge in [-0.05, 0) is 42.8 Å². The van der Waals surface area contributed by atoms with Gasteiger partial charge in [0.2, 0.25) is 15.9 Å². The molecule has 3 rings (SSSR count). The summed E-state index contributed by atoms with van der Waals surface area (Å²) in [6.07, 6.45) is 0.450. The molecule has 3 N–H and O–H groups in total. The van der Waals surface area contributed by atoms with Crippen molar-refractivity contribution in [1.82, 2.24) is 14.3 Å². The maximum Gasteiger partial charge on any atom is 0.326 e. The average molecular weight is 485 g/mol. The summed E-state index contributed by atoms with van der Waals surface area (Å²) in [6, 6.07) is 8.28. The zero-order chi connectivity index (χ0) is 22.8. The number of amides is 1. The van der Waals surface area contributed by atoms with Crippen molar-refractivity contribution in [3.8, 4) is 0 Å². The summed E-state index contributed by atoms with van der Waals surface area (Å²) >= 11 is 12.0. The molecule has 164 valence electrons. The fourth-order valence-corrected chi connectivity index (χ4v) is 4.78. The molecule has 2 aromatic carbocycles. The van der Waals surface area contributed by atoms with E-state index in [1.807, 2.05) is 0 Å². The molecule has 1 heterocycles. The largest absolute Gasteiger partial charge is 0.326 e. The van der Waals surface area contributed by atoms with Crippen LogP contribution in [0, 0.1) is 0 Å². The lowest BCUT2D eigenvalue weighted by Gasteiger charge is -2.21. The van der Waals surface area contributed by atoms with Gasteiger partial charge in [0.25, 0.3) is 5.56 Å². The molecule has 31 heavy (non-hydrogen) atoms. The van der Waals surface area contributed by atoms with Gasteiger partial charge in [-0.2, -0.15) is 4.31 Å². The van der Waals surface area contributed by atoms with Gasteiger partial charge in [0, 0.05) is 11.6 Å². The van der Waals surface area contributed by atoms with Crippen LogP contribution in [0.5, 0.6) is 0 Å². The van der Waals surface area contributed by atoms with Crippen LogP contribution < -0.4 is 16.6 Å². The zero-order valence-corrected chi connectivity index (χ0v) is 18.6. The van der Waals surface area contributed by atoms with Crippen molar-refractivity contribution in [2.24, 2.45) is 0 Å². The summed E-state index contributed by atoms with van der Waals surface area (Å²) in [6.45, 7) is 1.36. The number of fused-ring (bicyclic) bond motifs is 1. The summed E-state index contributed by atoms with van der Waals surface area (Å²) in [5, 5.41) is 3.17. The third kappa shape index (κ3) is 5.16. The minimum atomic E-state index is -4.12. The number of hydrogen-bond acceptors (Lipinski definition) is 5. The van der Waals surface area contributed by atoms with E-state index in [1.165, 1.54) is 24.3 Å². The van der Waals surface area contributed by atoms with Gasteiger partial charge in [0.1, 0.15) is 0 Å². The highest BCUT2D eigenvalue weighted by molar-refractivity contribution is 7.89. The molecule has 0 spiro atoms. The monoisotopic (exact) mass is 484 g/mol. The molecule has 0 saturated heterocycles. The molecule has 0 aliphatic carbocycles. The quantitative estimate of drug-likeness (QED) is 0.473. The molecule has 0 unspecified atom stereocenters. The van der Waals surface area contributed by atoms with Crippen LogP contribution in [0.15, 0.2) is 50.9 Å². The highest BCUT2D eigenvalue weighted by atomic mass is 35.5. The Morgan fingerprint density at radius 3 is 2.55 bits per heavy atom. The van der Waals surface area contributed by atoms with Crippen LogP contribution in [0.2, 0.25) is 10.0 Å². The molecule has 0 saturated carbocycles. The zero-order valence-electron chi connectivity index (χ0n) is 16.2. The van der Waals surface area contributed by atoms with E-state index < -0.39 is 33.7 Å². The second kappa shape index (κ2) is 9.23. The van der Waals surface area contributed by atoms with Crippen molar-refractivity contribution in [1.29, 1.82) is 0 Å². The first-order chi connectivity index (χ1) is 14.6. The standard InChI is InChI=1S/C19H18Cl2N4O5S/c1-2-7-25(10-17(26)22-16-8-11(20)3-5-14(16)21)31(29,30)12-4-6-15-13(9-12)18(27)24-19(28)23-15/h3-6,8-9H,2,7,10H2,1H3,(H,22,26)(H2,23,24,27,28). The third-order valence-corrected chi connectivity index (χ3v) is 6.75. The Morgan fingerprint density at radius 1 is 1.10 bits per heavy atom. The molecule has 12 heteroatoms. The molecule has 0 bridgehead atoms. The van der Waals surface area contributed by atoms with Gasteiger partial charge >= 0.3 is 5.69 Å². The Labute approximate surface area is 187 Å². The van der Waals surface area contributed by atoms with Crippen molar-refractivity contribution in [2.45, 2.75) is 18.2 Å². The lowest BCUT2D eigenvalue weighted by atomic mass is 10.2. The Hall–Kier alpha value is -2.66. The van der Waals surface area contributed by atoms with Gasteiger partial charge in [-0.3, -0.25) is 14.6 Å². The molecule has 3 aromatic rings. The van der Waals surface area contributed by atoms with E-state index in [4.69, 9.17) is 23.2 Å². The molecule has 1 aromatic heterocycles. The fraction of sp³-hybridized carbons (Fsp3) is 0.211. The minimum Gasteiger partial charge on any atom is -0.324 e. The number of anilines is 1. The van der Waals surface area contributed by atoms with E-state index in [0.29, 0.717) is 11.4 Å². The molecular formula is C19H18Cl2N4O5S. The van der Waals surface area contributed by atoms with E-state index in [0.717, 1.165) is 10.4 Å². The van der Waals surface area contributed by atoms with Crippen LogP contribution in [0.1, 0.15) is 13.3 Å². The molecule has 0 aliphatic heterocycles. The predicted octanol–water partition coefficient (Wildman–Crippen LogP) is 2.56.